The first kappa shape index (κ1) is 25.7. The van der Waals surface area contributed by atoms with Crippen LogP contribution in [0, 0.1) is 5.92 Å². The predicted molar refractivity (Wildman–Crippen MR) is 125 cm³/mol. The van der Waals surface area contributed by atoms with Crippen molar-refractivity contribution >= 4 is 70.4 Å². The minimum Gasteiger partial charge on any atom is -0.473 e. The molecule has 14 heteroatoms. The Labute approximate surface area is 204 Å². The monoisotopic (exact) mass is 480 g/mol. The van der Waals surface area contributed by atoms with Gasteiger partial charge in [-0.2, -0.15) is 0 Å². The van der Waals surface area contributed by atoms with E-state index in [1.807, 2.05) is 0 Å². The normalized spacial score (nSPS) is 18.4. The molecule has 2 fully saturated rings. The third-order valence-corrected chi connectivity index (χ3v) is 5.41. The highest BCUT2D eigenvalue weighted by Gasteiger charge is 2.36. The summed E-state index contributed by atoms with van der Waals surface area (Å²) in [5.74, 6) is -3.37. The lowest BCUT2D eigenvalue weighted by molar-refractivity contribution is -0.139. The summed E-state index contributed by atoms with van der Waals surface area (Å²) in [6.07, 6.45) is 0.769. The molecule has 34 heavy (non-hydrogen) atoms. The van der Waals surface area contributed by atoms with Crippen LogP contribution < -0.4 is 21.3 Å². The van der Waals surface area contributed by atoms with Crippen molar-refractivity contribution in [2.45, 2.75) is 43.1 Å². The third kappa shape index (κ3) is 7.28. The van der Waals surface area contributed by atoms with E-state index in [0.717, 1.165) is 12.8 Å². The van der Waals surface area contributed by atoms with E-state index < -0.39 is 40.9 Å². The van der Waals surface area contributed by atoms with Gasteiger partial charge in [-0.1, -0.05) is 11.6 Å². The average Bonchev–Trinajstić information content (AvgIpc) is 3.46. The molecule has 1 aliphatic heterocycles. The summed E-state index contributed by atoms with van der Waals surface area (Å²) >= 11 is 6.01. The van der Waals surface area contributed by atoms with Crippen LogP contribution in [0.2, 0.25) is 5.02 Å². The van der Waals surface area contributed by atoms with E-state index in [-0.39, 0.29) is 34.6 Å². The summed E-state index contributed by atoms with van der Waals surface area (Å²) in [5, 5.41) is 7.89. The Balaban J connectivity index is 1.79. The molecule has 0 aromatic heterocycles. The largest absolute Gasteiger partial charge is 0.473 e. The molecule has 1 aromatic rings. The molecular weight excluding hydrogens is 460 g/mol. The number of nitrogens with one attached hydrogen (secondary N) is 4. The number of carbonyl (C=O) groups excluding carboxylic acids is 5. The first-order chi connectivity index (χ1) is 15.9. The summed E-state index contributed by atoms with van der Waals surface area (Å²) in [7, 11) is 15.7. The van der Waals surface area contributed by atoms with Crippen molar-refractivity contribution in [3.63, 3.8) is 0 Å². The molecule has 10 nitrogen and oxygen atoms in total. The van der Waals surface area contributed by atoms with Gasteiger partial charge in [0, 0.05) is 23.5 Å². The number of hydrogen-bond acceptors (Lipinski definition) is 6. The van der Waals surface area contributed by atoms with Gasteiger partial charge in [0.05, 0.1) is 17.3 Å². The molecule has 3 rings (SSSR count). The molecule has 0 bridgehead atoms. The van der Waals surface area contributed by atoms with Gasteiger partial charge >= 0.3 is 6.09 Å². The smallest absolute Gasteiger partial charge is 0.409 e. The van der Waals surface area contributed by atoms with E-state index in [4.69, 9.17) is 35.1 Å². The van der Waals surface area contributed by atoms with E-state index in [1.165, 1.54) is 18.2 Å². The number of amides is 4. The van der Waals surface area contributed by atoms with E-state index in [1.54, 1.807) is 0 Å². The lowest BCUT2D eigenvalue weighted by Gasteiger charge is -2.23. The molecular formula is C20H20B3ClN4O6. The number of Topliss-reactive ketones (excluding diaryl/α,β-unsaturated/α-hetero) is 1. The fraction of sp³-hybridized carbons (Fsp3) is 0.450. The number of anilines is 1. The molecule has 4 amide bonds. The van der Waals surface area contributed by atoms with Crippen LogP contribution in [0.25, 0.3) is 0 Å². The number of benzene rings is 1. The van der Waals surface area contributed by atoms with Crippen LogP contribution >= 0.6 is 11.6 Å². The van der Waals surface area contributed by atoms with Crippen molar-refractivity contribution in [3.05, 3.63) is 28.8 Å². The minimum absolute atomic E-state index is 0.0524. The lowest BCUT2D eigenvalue weighted by Crippen LogP contribution is -2.49. The lowest BCUT2D eigenvalue weighted by atomic mass is 9.52. The molecule has 172 valence electrons. The van der Waals surface area contributed by atoms with Gasteiger partial charge < -0.3 is 20.7 Å². The van der Waals surface area contributed by atoms with Crippen LogP contribution in [-0.4, -0.2) is 77.1 Å². The van der Waals surface area contributed by atoms with E-state index >= 15 is 0 Å². The van der Waals surface area contributed by atoms with Crippen molar-refractivity contribution < 1.29 is 28.7 Å². The second kappa shape index (κ2) is 10.5. The maximum atomic E-state index is 13.1. The van der Waals surface area contributed by atoms with Gasteiger partial charge in [-0.25, -0.2) is 4.79 Å². The number of rotatable bonds is 9. The van der Waals surface area contributed by atoms with Crippen LogP contribution in [0.15, 0.2) is 18.2 Å². The van der Waals surface area contributed by atoms with Crippen LogP contribution in [0.4, 0.5) is 10.5 Å². The van der Waals surface area contributed by atoms with Crippen LogP contribution in [0.3, 0.4) is 0 Å². The van der Waals surface area contributed by atoms with E-state index in [2.05, 4.69) is 26.0 Å². The fourth-order valence-electron chi connectivity index (χ4n) is 3.37. The van der Waals surface area contributed by atoms with Gasteiger partial charge in [0.15, 0.2) is 0 Å². The van der Waals surface area contributed by atoms with Crippen molar-refractivity contribution in [1.29, 1.82) is 0 Å². The standard InChI is InChI=1S/C20H20B3ClN4O6/c21-20(22,23)34-19(33)28-13-4-1-10(24)8-12(13)17(31)27-14(7-9-5-6-25-16(9)30)15(29)18(32)26-11-2-3-11/h1,4,8-9,11,14H,2-3,5-7H2,(H,25,30)(H,26,32)(H,27,31)(H,28,33)/t9-,14-/m0/s1. The molecule has 1 saturated heterocycles. The Bertz CT molecular complexity index is 1010. The van der Waals surface area contributed by atoms with Crippen LogP contribution in [0.5, 0.6) is 0 Å². The van der Waals surface area contributed by atoms with Gasteiger partial charge in [-0.05, 0) is 49.2 Å². The molecule has 2 aliphatic rings. The van der Waals surface area contributed by atoms with Gasteiger partial charge in [0.2, 0.25) is 11.7 Å². The highest BCUT2D eigenvalue weighted by Crippen LogP contribution is 2.23. The maximum Gasteiger partial charge on any atom is 0.409 e. The number of ketones is 1. The molecule has 6 radical (unpaired) electrons. The molecule has 1 aromatic carbocycles. The summed E-state index contributed by atoms with van der Waals surface area (Å²) in [5.41, 5.74) is -0.194. The zero-order valence-electron chi connectivity index (χ0n) is 18.1. The fourth-order valence-corrected chi connectivity index (χ4v) is 3.55. The Morgan fingerprint density at radius 2 is 1.88 bits per heavy atom. The first-order valence-corrected chi connectivity index (χ1v) is 10.9. The Morgan fingerprint density at radius 3 is 2.47 bits per heavy atom. The number of carbonyl (C=O) groups is 5. The number of halogens is 1. The van der Waals surface area contributed by atoms with E-state index in [9.17, 15) is 24.0 Å². The molecule has 2 atom stereocenters. The molecule has 1 aliphatic carbocycles. The second-order valence-electron chi connectivity index (χ2n) is 8.21. The van der Waals surface area contributed by atoms with Crippen molar-refractivity contribution in [3.8, 4) is 0 Å². The van der Waals surface area contributed by atoms with Crippen LogP contribution in [-0.2, 0) is 19.1 Å². The zero-order chi connectivity index (χ0) is 25.0. The van der Waals surface area contributed by atoms with Crippen molar-refractivity contribution in [2.75, 3.05) is 11.9 Å². The van der Waals surface area contributed by atoms with Crippen molar-refractivity contribution in [2.24, 2.45) is 5.92 Å². The summed E-state index contributed by atoms with van der Waals surface area (Å²) in [4.78, 5) is 62.3. The average molecular weight is 480 g/mol. The quantitative estimate of drug-likeness (QED) is 0.277. The van der Waals surface area contributed by atoms with Crippen molar-refractivity contribution in [1.82, 2.24) is 16.0 Å². The SMILES string of the molecule is [B]C([B])([B])OC(=O)Nc1ccc(Cl)cc1C(=O)N[C@@H](C[C@@H]1CCNC1=O)C(=O)C(=O)NC1CC1. The molecule has 0 unspecified atom stereocenters. The molecule has 1 heterocycles. The Morgan fingerprint density at radius 1 is 1.18 bits per heavy atom. The van der Waals surface area contributed by atoms with E-state index in [0.29, 0.717) is 13.0 Å². The van der Waals surface area contributed by atoms with Gasteiger partial charge in [-0.3, -0.25) is 24.5 Å². The molecule has 1 saturated carbocycles. The molecule has 0 spiro atoms. The first-order valence-electron chi connectivity index (χ1n) is 10.5. The van der Waals surface area contributed by atoms with Gasteiger partial charge in [0.25, 0.3) is 11.8 Å². The Kier molecular flexibility index (Phi) is 7.96. The zero-order valence-corrected chi connectivity index (χ0v) is 18.8. The summed E-state index contributed by atoms with van der Waals surface area (Å²) in [6.45, 7) is 0.433. The third-order valence-electron chi connectivity index (χ3n) is 5.17. The minimum atomic E-state index is -2.26. The predicted octanol–water partition coefficient (Wildman–Crippen LogP) is -0.522. The number of ether oxygens (including phenoxy) is 1. The van der Waals surface area contributed by atoms with Crippen LogP contribution in [0.1, 0.15) is 36.0 Å². The highest BCUT2D eigenvalue weighted by atomic mass is 35.5. The van der Waals surface area contributed by atoms with Gasteiger partial charge in [0.1, 0.15) is 23.5 Å². The summed E-state index contributed by atoms with van der Waals surface area (Å²) < 4.78 is 4.57. The molecule has 4 N–H and O–H groups in total. The number of hydrogen-bond donors (Lipinski definition) is 4. The maximum absolute atomic E-state index is 13.1. The second-order valence-corrected chi connectivity index (χ2v) is 8.64. The summed E-state index contributed by atoms with van der Waals surface area (Å²) in [6, 6.07) is 2.58. The van der Waals surface area contributed by atoms with Gasteiger partial charge in [-0.15, -0.1) is 0 Å². The highest BCUT2D eigenvalue weighted by molar-refractivity contribution is 6.58. The Hall–Kier alpha value is -2.95. The topological polar surface area (TPSA) is 143 Å².